The van der Waals surface area contributed by atoms with Gasteiger partial charge < -0.3 is 5.11 Å². The number of benzene rings is 1. The molecule has 2 atom stereocenters. The Morgan fingerprint density at radius 1 is 1.40 bits per heavy atom. The maximum Gasteiger partial charge on any atom is 0.0540 e. The Morgan fingerprint density at radius 2 is 2.13 bits per heavy atom. The van der Waals surface area contributed by atoms with Gasteiger partial charge in [0.1, 0.15) is 0 Å². The fraction of sp³-hybridized carbons (Fsp3) is 0.385. The molecule has 2 heteroatoms. The lowest BCUT2D eigenvalue weighted by Crippen LogP contribution is -2.11. The zero-order valence-electron chi connectivity index (χ0n) is 9.15. The Bertz CT molecular complexity index is 331. The number of allylic oxidation sites excluding steroid dienone is 1. The van der Waals surface area contributed by atoms with Crippen molar-refractivity contribution in [3.63, 3.8) is 0 Å². The van der Waals surface area contributed by atoms with Crippen molar-refractivity contribution < 1.29 is 5.11 Å². The maximum atomic E-state index is 9.31. The molecule has 0 fully saturated rings. The lowest BCUT2D eigenvalue weighted by Gasteiger charge is -2.11. The first kappa shape index (κ1) is 12.3. The summed E-state index contributed by atoms with van der Waals surface area (Å²) in [5.74, 6) is 0.292. The van der Waals surface area contributed by atoms with E-state index >= 15 is 0 Å². The summed E-state index contributed by atoms with van der Waals surface area (Å²) in [6.45, 7) is 3.85. The van der Waals surface area contributed by atoms with Crippen LogP contribution in [-0.4, -0.2) is 11.2 Å². The van der Waals surface area contributed by atoms with Gasteiger partial charge in [-0.25, -0.2) is 0 Å². The molecule has 1 rings (SSSR count). The van der Waals surface area contributed by atoms with Gasteiger partial charge in [-0.2, -0.15) is 0 Å². The zero-order chi connectivity index (χ0) is 11.3. The molecule has 1 nitrogen and oxygen atoms in total. The van der Waals surface area contributed by atoms with Gasteiger partial charge in [0.25, 0.3) is 0 Å². The van der Waals surface area contributed by atoms with Crippen LogP contribution in [0.5, 0.6) is 0 Å². The van der Waals surface area contributed by atoms with Gasteiger partial charge >= 0.3 is 0 Å². The van der Waals surface area contributed by atoms with Gasteiger partial charge in [0.2, 0.25) is 0 Å². The summed E-state index contributed by atoms with van der Waals surface area (Å²) in [4.78, 5) is 0. The van der Waals surface area contributed by atoms with Crippen molar-refractivity contribution in [1.82, 2.24) is 0 Å². The van der Waals surface area contributed by atoms with Crippen LogP contribution in [0.1, 0.15) is 25.8 Å². The van der Waals surface area contributed by atoms with E-state index in [2.05, 4.69) is 6.08 Å². The van der Waals surface area contributed by atoms with Crippen molar-refractivity contribution in [3.05, 3.63) is 40.9 Å². The summed E-state index contributed by atoms with van der Waals surface area (Å²) in [6.07, 6.45) is 4.73. The van der Waals surface area contributed by atoms with Crippen LogP contribution in [0.4, 0.5) is 0 Å². The minimum atomic E-state index is -0.256. The number of hydrogen-bond acceptors (Lipinski definition) is 1. The topological polar surface area (TPSA) is 20.2 Å². The number of hydrogen-bond donors (Lipinski definition) is 1. The standard InChI is InChI=1S/C13H17ClO/c1-10(11(2)15)5-3-6-12-7-4-8-13(14)9-12/h3-4,6-11,15H,5H2,1-2H3/b6-3+/t10-,11+/m1/s1. The van der Waals surface area contributed by atoms with E-state index in [1.54, 1.807) is 0 Å². The van der Waals surface area contributed by atoms with E-state index < -0.39 is 0 Å². The Kier molecular flexibility index (Phi) is 4.86. The van der Waals surface area contributed by atoms with E-state index in [0.29, 0.717) is 5.92 Å². The van der Waals surface area contributed by atoms with Gasteiger partial charge in [-0.3, -0.25) is 0 Å². The van der Waals surface area contributed by atoms with Crippen molar-refractivity contribution in [2.24, 2.45) is 5.92 Å². The third kappa shape index (κ3) is 4.50. The van der Waals surface area contributed by atoms with Crippen LogP contribution < -0.4 is 0 Å². The molecule has 0 aromatic heterocycles. The summed E-state index contributed by atoms with van der Waals surface area (Å²) in [5, 5.41) is 10.1. The van der Waals surface area contributed by atoms with E-state index in [0.717, 1.165) is 17.0 Å². The van der Waals surface area contributed by atoms with Crippen molar-refractivity contribution >= 4 is 17.7 Å². The van der Waals surface area contributed by atoms with Gasteiger partial charge in [-0.05, 0) is 37.0 Å². The minimum absolute atomic E-state index is 0.256. The molecule has 0 spiro atoms. The molecular formula is C13H17ClO. The molecule has 0 aliphatic rings. The first-order valence-corrected chi connectivity index (χ1v) is 5.57. The summed E-state index contributed by atoms with van der Waals surface area (Å²) < 4.78 is 0. The van der Waals surface area contributed by atoms with Crippen LogP contribution in [0.15, 0.2) is 30.3 Å². The summed E-state index contributed by atoms with van der Waals surface area (Å²) in [6, 6.07) is 7.72. The van der Waals surface area contributed by atoms with Gasteiger partial charge in [0.05, 0.1) is 6.10 Å². The fourth-order valence-electron chi connectivity index (χ4n) is 1.23. The molecule has 1 aromatic carbocycles. The average Bonchev–Trinajstić information content (AvgIpc) is 2.17. The first-order chi connectivity index (χ1) is 7.09. The Morgan fingerprint density at radius 3 is 2.73 bits per heavy atom. The predicted molar refractivity (Wildman–Crippen MR) is 65.9 cm³/mol. The lowest BCUT2D eigenvalue weighted by atomic mass is 10.0. The second-order valence-electron chi connectivity index (χ2n) is 3.91. The van der Waals surface area contributed by atoms with Crippen LogP contribution in [0, 0.1) is 5.92 Å². The molecule has 82 valence electrons. The monoisotopic (exact) mass is 224 g/mol. The summed E-state index contributed by atoms with van der Waals surface area (Å²) in [5.41, 5.74) is 1.10. The normalized spacial score (nSPS) is 15.5. The fourth-order valence-corrected chi connectivity index (χ4v) is 1.42. The quantitative estimate of drug-likeness (QED) is 0.826. The van der Waals surface area contributed by atoms with Crippen molar-refractivity contribution in [3.8, 4) is 0 Å². The third-order valence-electron chi connectivity index (χ3n) is 2.49. The van der Waals surface area contributed by atoms with Crippen LogP contribution in [0.25, 0.3) is 6.08 Å². The van der Waals surface area contributed by atoms with Gasteiger partial charge in [0, 0.05) is 5.02 Å². The highest BCUT2D eigenvalue weighted by Crippen LogP contribution is 2.14. The molecule has 0 amide bonds. The highest BCUT2D eigenvalue weighted by Gasteiger charge is 2.05. The van der Waals surface area contributed by atoms with E-state index in [1.807, 2.05) is 44.2 Å². The van der Waals surface area contributed by atoms with E-state index in [-0.39, 0.29) is 6.10 Å². The van der Waals surface area contributed by atoms with Gasteiger partial charge in [-0.1, -0.05) is 42.8 Å². The number of rotatable bonds is 4. The van der Waals surface area contributed by atoms with Gasteiger partial charge in [-0.15, -0.1) is 0 Å². The van der Waals surface area contributed by atoms with Crippen molar-refractivity contribution in [2.45, 2.75) is 26.4 Å². The predicted octanol–water partition coefficient (Wildman–Crippen LogP) is 3.76. The molecule has 0 radical (unpaired) electrons. The molecule has 0 heterocycles. The second-order valence-corrected chi connectivity index (χ2v) is 4.35. The molecule has 0 bridgehead atoms. The van der Waals surface area contributed by atoms with E-state index in [1.165, 1.54) is 0 Å². The molecule has 0 unspecified atom stereocenters. The number of aliphatic hydroxyl groups is 1. The molecule has 15 heavy (non-hydrogen) atoms. The second kappa shape index (κ2) is 5.94. The summed E-state index contributed by atoms with van der Waals surface area (Å²) >= 11 is 5.86. The van der Waals surface area contributed by atoms with Crippen molar-refractivity contribution in [1.29, 1.82) is 0 Å². The smallest absolute Gasteiger partial charge is 0.0540 e. The summed E-state index contributed by atoms with van der Waals surface area (Å²) in [7, 11) is 0. The van der Waals surface area contributed by atoms with Crippen molar-refractivity contribution in [2.75, 3.05) is 0 Å². The number of halogens is 1. The number of aliphatic hydroxyl groups excluding tert-OH is 1. The van der Waals surface area contributed by atoms with Crippen LogP contribution in [0.2, 0.25) is 5.02 Å². The average molecular weight is 225 g/mol. The van der Waals surface area contributed by atoms with E-state index in [4.69, 9.17) is 11.6 Å². The highest BCUT2D eigenvalue weighted by molar-refractivity contribution is 6.30. The molecule has 0 saturated heterocycles. The van der Waals surface area contributed by atoms with Crippen LogP contribution in [0.3, 0.4) is 0 Å². The van der Waals surface area contributed by atoms with Crippen LogP contribution >= 0.6 is 11.6 Å². The highest BCUT2D eigenvalue weighted by atomic mass is 35.5. The minimum Gasteiger partial charge on any atom is -0.393 e. The Balaban J connectivity index is 2.51. The largest absolute Gasteiger partial charge is 0.393 e. The first-order valence-electron chi connectivity index (χ1n) is 5.20. The molecule has 1 N–H and O–H groups in total. The SMILES string of the molecule is C[C@H](O)[C@H](C)C/C=C/c1cccc(Cl)c1. The molecule has 0 saturated carbocycles. The third-order valence-corrected chi connectivity index (χ3v) is 2.73. The maximum absolute atomic E-state index is 9.31. The van der Waals surface area contributed by atoms with E-state index in [9.17, 15) is 5.11 Å². The molecule has 1 aromatic rings. The van der Waals surface area contributed by atoms with Gasteiger partial charge in [0.15, 0.2) is 0 Å². The molecule has 0 aliphatic heterocycles. The Labute approximate surface area is 96.4 Å². The molecular weight excluding hydrogens is 208 g/mol. The molecule has 0 aliphatic carbocycles. The van der Waals surface area contributed by atoms with Crippen LogP contribution in [-0.2, 0) is 0 Å². The Hall–Kier alpha value is -0.790. The zero-order valence-corrected chi connectivity index (χ0v) is 9.91. The lowest BCUT2D eigenvalue weighted by molar-refractivity contribution is 0.136.